The number of thiophene rings is 1. The minimum absolute atomic E-state index is 0.0205. The molecule has 36 heavy (non-hydrogen) atoms. The van der Waals surface area contributed by atoms with Gasteiger partial charge < -0.3 is 20.3 Å². The van der Waals surface area contributed by atoms with Gasteiger partial charge in [-0.1, -0.05) is 25.3 Å². The van der Waals surface area contributed by atoms with E-state index < -0.39 is 5.97 Å². The molecule has 2 aromatic rings. The maximum atomic E-state index is 12.8. The van der Waals surface area contributed by atoms with Gasteiger partial charge in [-0.15, -0.1) is 23.1 Å². The van der Waals surface area contributed by atoms with E-state index in [2.05, 4.69) is 10.6 Å². The fourth-order valence-corrected chi connectivity index (χ4v) is 6.69. The Morgan fingerprint density at radius 3 is 2.64 bits per heavy atom. The highest BCUT2D eigenvalue weighted by Gasteiger charge is 2.30. The summed E-state index contributed by atoms with van der Waals surface area (Å²) in [7, 11) is 1.32. The molecule has 0 bridgehead atoms. The van der Waals surface area contributed by atoms with E-state index in [9.17, 15) is 19.2 Å². The molecular weight excluding hydrogens is 498 g/mol. The van der Waals surface area contributed by atoms with Crippen LogP contribution in [0.1, 0.15) is 59.8 Å². The van der Waals surface area contributed by atoms with E-state index in [-0.39, 0.29) is 29.4 Å². The van der Waals surface area contributed by atoms with E-state index in [0.29, 0.717) is 30.1 Å². The second-order valence-corrected chi connectivity index (χ2v) is 11.2. The smallest absolute Gasteiger partial charge is 0.341 e. The summed E-state index contributed by atoms with van der Waals surface area (Å²) >= 11 is 2.67. The summed E-state index contributed by atoms with van der Waals surface area (Å²) in [6.07, 6.45) is 5.82. The standard InChI is InChI=1S/C26H31N3O5S2/c1-16(30)29-12-11-20-21(14-29)36-25(23(20)26(33)34-2)28-22(31)15-35-19-10-6-9-18(13-19)27-24(32)17-7-4-3-5-8-17/h6,9-10,13,17H,3-5,7-8,11-12,14-15H2,1-2H3,(H,27,32)(H,28,31). The first-order valence-electron chi connectivity index (χ1n) is 12.2. The molecule has 1 saturated carbocycles. The van der Waals surface area contributed by atoms with Crippen LogP contribution in [0.2, 0.25) is 0 Å². The van der Waals surface area contributed by atoms with Crippen molar-refractivity contribution in [1.82, 2.24) is 4.90 Å². The molecule has 8 nitrogen and oxygen atoms in total. The van der Waals surface area contributed by atoms with Crippen LogP contribution in [0.3, 0.4) is 0 Å². The Labute approximate surface area is 219 Å². The maximum absolute atomic E-state index is 12.8. The number of hydrogen-bond donors (Lipinski definition) is 2. The van der Waals surface area contributed by atoms with E-state index in [0.717, 1.165) is 46.7 Å². The topological polar surface area (TPSA) is 105 Å². The summed E-state index contributed by atoms with van der Waals surface area (Å²) in [5.74, 6) is -0.480. The van der Waals surface area contributed by atoms with E-state index in [1.165, 1.54) is 43.6 Å². The zero-order valence-electron chi connectivity index (χ0n) is 20.6. The zero-order valence-corrected chi connectivity index (χ0v) is 22.2. The minimum Gasteiger partial charge on any atom is -0.465 e. The molecule has 0 radical (unpaired) electrons. The number of rotatable bonds is 7. The van der Waals surface area contributed by atoms with Crippen molar-refractivity contribution in [3.8, 4) is 0 Å². The molecule has 192 valence electrons. The molecule has 0 saturated heterocycles. The van der Waals surface area contributed by atoms with Gasteiger partial charge in [0.1, 0.15) is 5.00 Å². The van der Waals surface area contributed by atoms with Crippen LogP contribution in [0.4, 0.5) is 10.7 Å². The van der Waals surface area contributed by atoms with Crippen molar-refractivity contribution in [3.05, 3.63) is 40.3 Å². The van der Waals surface area contributed by atoms with Crippen molar-refractivity contribution in [2.75, 3.05) is 30.0 Å². The molecule has 1 aromatic carbocycles. The van der Waals surface area contributed by atoms with Crippen molar-refractivity contribution in [2.45, 2.75) is 56.9 Å². The molecule has 0 atom stereocenters. The lowest BCUT2D eigenvalue weighted by Crippen LogP contribution is -2.33. The molecule has 3 amide bonds. The zero-order chi connectivity index (χ0) is 25.7. The van der Waals surface area contributed by atoms with Gasteiger partial charge in [-0.25, -0.2) is 4.79 Å². The fourth-order valence-electron chi connectivity index (χ4n) is 4.66. The van der Waals surface area contributed by atoms with Gasteiger partial charge >= 0.3 is 5.97 Å². The molecule has 0 unspecified atom stereocenters. The molecule has 10 heteroatoms. The second kappa shape index (κ2) is 11.9. The average molecular weight is 530 g/mol. The summed E-state index contributed by atoms with van der Waals surface area (Å²) in [6, 6.07) is 7.49. The van der Waals surface area contributed by atoms with Crippen LogP contribution in [-0.2, 0) is 32.1 Å². The molecule has 2 heterocycles. The first-order valence-corrected chi connectivity index (χ1v) is 14.0. The van der Waals surface area contributed by atoms with Crippen molar-refractivity contribution in [3.63, 3.8) is 0 Å². The number of hydrogen-bond acceptors (Lipinski definition) is 7. The van der Waals surface area contributed by atoms with Crippen LogP contribution in [0.15, 0.2) is 29.2 Å². The lowest BCUT2D eigenvalue weighted by molar-refractivity contribution is -0.129. The Kier molecular flexibility index (Phi) is 8.68. The lowest BCUT2D eigenvalue weighted by Gasteiger charge is -2.25. The van der Waals surface area contributed by atoms with Crippen LogP contribution >= 0.6 is 23.1 Å². The first-order chi connectivity index (χ1) is 17.4. The third-order valence-electron chi connectivity index (χ3n) is 6.59. The Morgan fingerprint density at radius 2 is 1.92 bits per heavy atom. The van der Waals surface area contributed by atoms with Gasteiger partial charge in [0.05, 0.1) is 25.0 Å². The number of carbonyl (C=O) groups excluding carboxylic acids is 4. The summed E-state index contributed by atoms with van der Waals surface area (Å²) < 4.78 is 4.97. The monoisotopic (exact) mass is 529 g/mol. The molecule has 1 fully saturated rings. The number of thioether (sulfide) groups is 1. The van der Waals surface area contributed by atoms with Crippen molar-refractivity contribution in [2.24, 2.45) is 5.92 Å². The summed E-state index contributed by atoms with van der Waals surface area (Å²) in [4.78, 5) is 53.1. The second-order valence-electron chi connectivity index (χ2n) is 9.08. The highest BCUT2D eigenvalue weighted by Crippen LogP contribution is 2.38. The molecule has 4 rings (SSSR count). The number of fused-ring (bicyclic) bond motifs is 1. The third-order valence-corrected chi connectivity index (χ3v) is 8.72. The SMILES string of the molecule is COC(=O)c1c(NC(=O)CSc2cccc(NC(=O)C3CCCCC3)c2)sc2c1CCN(C(C)=O)C2. The van der Waals surface area contributed by atoms with Crippen LogP contribution in [0, 0.1) is 5.92 Å². The van der Waals surface area contributed by atoms with Crippen molar-refractivity contribution < 1.29 is 23.9 Å². The van der Waals surface area contributed by atoms with Gasteiger partial charge in [-0.3, -0.25) is 14.4 Å². The van der Waals surface area contributed by atoms with E-state index >= 15 is 0 Å². The van der Waals surface area contributed by atoms with Gasteiger partial charge in [-0.2, -0.15) is 0 Å². The number of benzene rings is 1. The highest BCUT2D eigenvalue weighted by atomic mass is 32.2. The predicted molar refractivity (Wildman–Crippen MR) is 141 cm³/mol. The van der Waals surface area contributed by atoms with Crippen LogP contribution in [0.5, 0.6) is 0 Å². The molecule has 1 aliphatic carbocycles. The number of anilines is 2. The first kappa shape index (κ1) is 26.2. The molecule has 2 N–H and O–H groups in total. The number of methoxy groups -OCH3 is 1. The van der Waals surface area contributed by atoms with E-state index in [1.807, 2.05) is 24.3 Å². The third kappa shape index (κ3) is 6.28. The van der Waals surface area contributed by atoms with Gasteiger partial charge in [-0.05, 0) is 43.0 Å². The van der Waals surface area contributed by atoms with Crippen molar-refractivity contribution in [1.29, 1.82) is 0 Å². The summed E-state index contributed by atoms with van der Waals surface area (Å²) in [5, 5.41) is 6.34. The Bertz CT molecular complexity index is 1160. The van der Waals surface area contributed by atoms with Gasteiger partial charge in [0, 0.05) is 34.8 Å². The molecule has 1 aliphatic heterocycles. The Balaban J connectivity index is 1.38. The molecular formula is C26H31N3O5S2. The Hall–Kier alpha value is -2.85. The number of ether oxygens (including phenoxy) is 1. The van der Waals surface area contributed by atoms with Gasteiger partial charge in [0.15, 0.2) is 0 Å². The van der Waals surface area contributed by atoms with Gasteiger partial charge in [0.2, 0.25) is 17.7 Å². The van der Waals surface area contributed by atoms with Crippen LogP contribution < -0.4 is 10.6 Å². The quantitative estimate of drug-likeness (QED) is 0.398. The maximum Gasteiger partial charge on any atom is 0.341 e. The highest BCUT2D eigenvalue weighted by molar-refractivity contribution is 8.00. The fraction of sp³-hybridized carbons (Fsp3) is 0.462. The van der Waals surface area contributed by atoms with Crippen molar-refractivity contribution >= 4 is 57.5 Å². The van der Waals surface area contributed by atoms with Gasteiger partial charge in [0.25, 0.3) is 0 Å². The summed E-state index contributed by atoms with van der Waals surface area (Å²) in [5.41, 5.74) is 1.95. The number of nitrogens with one attached hydrogen (secondary N) is 2. The largest absolute Gasteiger partial charge is 0.465 e. The number of carbonyl (C=O) groups is 4. The molecule has 0 spiro atoms. The molecule has 1 aromatic heterocycles. The lowest BCUT2D eigenvalue weighted by atomic mass is 9.88. The normalized spacial score (nSPS) is 15.7. The van der Waals surface area contributed by atoms with E-state index in [1.54, 1.807) is 4.90 Å². The van der Waals surface area contributed by atoms with Crippen LogP contribution in [-0.4, -0.2) is 48.0 Å². The van der Waals surface area contributed by atoms with E-state index in [4.69, 9.17) is 4.74 Å². The van der Waals surface area contributed by atoms with Crippen LogP contribution in [0.25, 0.3) is 0 Å². The minimum atomic E-state index is -0.492. The predicted octanol–water partition coefficient (Wildman–Crippen LogP) is 4.69. The number of amides is 3. The molecule has 2 aliphatic rings. The Morgan fingerprint density at radius 1 is 1.14 bits per heavy atom. The average Bonchev–Trinajstić information content (AvgIpc) is 3.24. The number of esters is 1. The summed E-state index contributed by atoms with van der Waals surface area (Å²) in [6.45, 7) is 2.47. The number of nitrogens with zero attached hydrogens (tertiary/aromatic N) is 1.